The summed E-state index contributed by atoms with van der Waals surface area (Å²) in [6.07, 6.45) is 1.53. The monoisotopic (exact) mass is 419 g/mol. The Bertz CT molecular complexity index is 763. The van der Waals surface area contributed by atoms with Crippen molar-refractivity contribution in [2.75, 3.05) is 10.5 Å². The van der Waals surface area contributed by atoms with Gasteiger partial charge >= 0.3 is 0 Å². The van der Waals surface area contributed by atoms with E-state index >= 15 is 0 Å². The lowest BCUT2D eigenvalue weighted by atomic mass is 10.3. The molecule has 2 aromatic rings. The molecule has 5 nitrogen and oxygen atoms in total. The maximum atomic E-state index is 12.3. The Labute approximate surface area is 133 Å². The van der Waals surface area contributed by atoms with Crippen molar-refractivity contribution in [3.8, 4) is 0 Å². The minimum atomic E-state index is -3.73. The van der Waals surface area contributed by atoms with Gasteiger partial charge in [0.15, 0.2) is 0 Å². The Balaban J connectivity index is 2.41. The second-order valence-electron chi connectivity index (χ2n) is 4.11. The Hall–Kier alpha value is -1.12. The quantitative estimate of drug-likeness (QED) is 0.746. The molecule has 0 spiro atoms. The van der Waals surface area contributed by atoms with E-state index in [0.717, 1.165) is 10.0 Å². The standard InChI is InChI=1S/C12H11Br2N3O2S/c1-7-4-8(13)6-16-12(7)17-20(18,19)11-3-2-9(15)5-10(11)14/h2-6H,15H2,1H3,(H,16,17). The highest BCUT2D eigenvalue weighted by Crippen LogP contribution is 2.27. The largest absolute Gasteiger partial charge is 0.399 e. The van der Waals surface area contributed by atoms with Crippen molar-refractivity contribution in [1.82, 2.24) is 4.98 Å². The summed E-state index contributed by atoms with van der Waals surface area (Å²) < 4.78 is 28.3. The fourth-order valence-electron chi connectivity index (χ4n) is 1.56. The van der Waals surface area contributed by atoms with Crippen LogP contribution in [0, 0.1) is 6.92 Å². The van der Waals surface area contributed by atoms with E-state index in [1.54, 1.807) is 13.0 Å². The van der Waals surface area contributed by atoms with E-state index in [9.17, 15) is 8.42 Å². The molecule has 0 fully saturated rings. The molecule has 3 N–H and O–H groups in total. The number of nitrogens with zero attached hydrogens (tertiary/aromatic N) is 1. The molecule has 0 bridgehead atoms. The minimum Gasteiger partial charge on any atom is -0.399 e. The maximum Gasteiger partial charge on any atom is 0.264 e. The average molecular weight is 421 g/mol. The topological polar surface area (TPSA) is 85.1 Å². The number of nitrogen functional groups attached to an aromatic ring is 1. The van der Waals surface area contributed by atoms with Crippen LogP contribution in [0.3, 0.4) is 0 Å². The van der Waals surface area contributed by atoms with Gasteiger partial charge in [0.1, 0.15) is 10.7 Å². The lowest BCUT2D eigenvalue weighted by Gasteiger charge is -2.11. The zero-order valence-electron chi connectivity index (χ0n) is 10.4. The zero-order valence-corrected chi connectivity index (χ0v) is 14.4. The number of pyridine rings is 1. The summed E-state index contributed by atoms with van der Waals surface area (Å²) in [4.78, 5) is 4.17. The van der Waals surface area contributed by atoms with Crippen molar-refractivity contribution in [2.45, 2.75) is 11.8 Å². The normalized spacial score (nSPS) is 11.3. The molecule has 0 aliphatic carbocycles. The van der Waals surface area contributed by atoms with Crippen LogP contribution in [0.25, 0.3) is 0 Å². The molecule has 0 unspecified atom stereocenters. The van der Waals surface area contributed by atoms with Crippen LogP contribution in [0.5, 0.6) is 0 Å². The van der Waals surface area contributed by atoms with Gasteiger partial charge in [0.2, 0.25) is 0 Å². The van der Waals surface area contributed by atoms with E-state index in [1.165, 1.54) is 24.4 Å². The second-order valence-corrected chi connectivity index (χ2v) is 7.54. The van der Waals surface area contributed by atoms with Crippen LogP contribution < -0.4 is 10.5 Å². The molecule has 2 rings (SSSR count). The van der Waals surface area contributed by atoms with E-state index in [4.69, 9.17) is 5.73 Å². The van der Waals surface area contributed by atoms with Crippen LogP contribution in [0.1, 0.15) is 5.56 Å². The van der Waals surface area contributed by atoms with E-state index in [-0.39, 0.29) is 10.7 Å². The summed E-state index contributed by atoms with van der Waals surface area (Å²) in [5, 5.41) is 0. The molecule has 0 saturated heterocycles. The number of nitrogens with one attached hydrogen (secondary N) is 1. The molecule has 0 aliphatic heterocycles. The summed E-state index contributed by atoms with van der Waals surface area (Å²) in [5.41, 5.74) is 6.80. The maximum absolute atomic E-state index is 12.3. The van der Waals surface area contributed by atoms with E-state index in [0.29, 0.717) is 10.2 Å². The summed E-state index contributed by atoms with van der Waals surface area (Å²) >= 11 is 6.48. The summed E-state index contributed by atoms with van der Waals surface area (Å²) in [6, 6.07) is 6.29. The van der Waals surface area contributed by atoms with E-state index < -0.39 is 10.0 Å². The lowest BCUT2D eigenvalue weighted by molar-refractivity contribution is 0.600. The summed E-state index contributed by atoms with van der Waals surface area (Å²) in [5.74, 6) is 0.289. The molecule has 20 heavy (non-hydrogen) atoms. The third-order valence-electron chi connectivity index (χ3n) is 2.52. The number of hydrogen-bond acceptors (Lipinski definition) is 4. The van der Waals surface area contributed by atoms with Crippen molar-refractivity contribution >= 4 is 53.4 Å². The first-order chi connectivity index (χ1) is 9.29. The predicted octanol–water partition coefficient (Wildman–Crippen LogP) is 3.30. The van der Waals surface area contributed by atoms with Crippen molar-refractivity contribution in [2.24, 2.45) is 0 Å². The van der Waals surface area contributed by atoms with Crippen molar-refractivity contribution in [3.05, 3.63) is 45.0 Å². The van der Waals surface area contributed by atoms with Gasteiger partial charge in [0, 0.05) is 20.8 Å². The van der Waals surface area contributed by atoms with E-state index in [1.807, 2.05) is 0 Å². The van der Waals surface area contributed by atoms with Crippen LogP contribution in [0.15, 0.2) is 44.3 Å². The van der Waals surface area contributed by atoms with Gasteiger partial charge in [-0.05, 0) is 68.6 Å². The van der Waals surface area contributed by atoms with Crippen molar-refractivity contribution in [1.29, 1.82) is 0 Å². The Kier molecular flexibility index (Phi) is 4.36. The molecule has 0 atom stereocenters. The third kappa shape index (κ3) is 3.31. The van der Waals surface area contributed by atoms with Gasteiger partial charge in [-0.25, -0.2) is 13.4 Å². The van der Waals surface area contributed by atoms with Crippen LogP contribution in [-0.2, 0) is 10.0 Å². The third-order valence-corrected chi connectivity index (χ3v) is 5.27. The number of aromatic nitrogens is 1. The fourth-order valence-corrected chi connectivity index (χ4v) is 4.19. The van der Waals surface area contributed by atoms with Crippen LogP contribution in [-0.4, -0.2) is 13.4 Å². The van der Waals surface area contributed by atoms with Gasteiger partial charge in [-0.15, -0.1) is 0 Å². The van der Waals surface area contributed by atoms with Crippen LogP contribution >= 0.6 is 31.9 Å². The minimum absolute atomic E-state index is 0.107. The molecule has 0 amide bonds. The number of hydrogen-bond donors (Lipinski definition) is 2. The summed E-state index contributed by atoms with van der Waals surface area (Å²) in [6.45, 7) is 1.77. The van der Waals surface area contributed by atoms with Gasteiger partial charge in [-0.2, -0.15) is 0 Å². The molecule has 1 aromatic heterocycles. The SMILES string of the molecule is Cc1cc(Br)cnc1NS(=O)(=O)c1ccc(N)cc1Br. The van der Waals surface area contributed by atoms with Crippen molar-refractivity contribution in [3.63, 3.8) is 0 Å². The average Bonchev–Trinajstić information content (AvgIpc) is 2.32. The predicted molar refractivity (Wildman–Crippen MR) is 86.0 cm³/mol. The lowest BCUT2D eigenvalue weighted by Crippen LogP contribution is -2.15. The molecular weight excluding hydrogens is 410 g/mol. The van der Waals surface area contributed by atoms with Gasteiger partial charge in [0.05, 0.1) is 0 Å². The summed E-state index contributed by atoms with van der Waals surface area (Å²) in [7, 11) is -3.73. The Morgan fingerprint density at radius 1 is 1.25 bits per heavy atom. The van der Waals surface area contributed by atoms with Crippen LogP contribution in [0.4, 0.5) is 11.5 Å². The van der Waals surface area contributed by atoms with Gasteiger partial charge in [-0.1, -0.05) is 0 Å². The first-order valence-electron chi connectivity index (χ1n) is 5.49. The number of aryl methyl sites for hydroxylation is 1. The molecule has 1 aromatic carbocycles. The van der Waals surface area contributed by atoms with Crippen LogP contribution in [0.2, 0.25) is 0 Å². The molecule has 0 saturated carbocycles. The first kappa shape index (κ1) is 15.3. The molecule has 8 heteroatoms. The first-order valence-corrected chi connectivity index (χ1v) is 8.56. The highest BCUT2D eigenvalue weighted by atomic mass is 79.9. The fraction of sp³-hybridized carbons (Fsp3) is 0.0833. The molecule has 106 valence electrons. The number of anilines is 2. The number of nitrogens with two attached hydrogens (primary N) is 1. The number of rotatable bonds is 3. The van der Waals surface area contributed by atoms with Gasteiger partial charge in [-0.3, -0.25) is 4.72 Å². The molecular formula is C12H11Br2N3O2S. The number of sulfonamides is 1. The highest BCUT2D eigenvalue weighted by Gasteiger charge is 2.19. The van der Waals surface area contributed by atoms with Gasteiger partial charge < -0.3 is 5.73 Å². The zero-order chi connectivity index (χ0) is 14.9. The number of benzene rings is 1. The van der Waals surface area contributed by atoms with Crippen molar-refractivity contribution < 1.29 is 8.42 Å². The molecule has 0 radical (unpaired) electrons. The second kappa shape index (κ2) is 5.71. The van der Waals surface area contributed by atoms with Gasteiger partial charge in [0.25, 0.3) is 10.0 Å². The van der Waals surface area contributed by atoms with E-state index in [2.05, 4.69) is 41.6 Å². The molecule has 0 aliphatic rings. The smallest absolute Gasteiger partial charge is 0.264 e. The molecule has 1 heterocycles. The number of halogens is 2. The Morgan fingerprint density at radius 3 is 2.55 bits per heavy atom. The highest BCUT2D eigenvalue weighted by molar-refractivity contribution is 9.10. The Morgan fingerprint density at radius 2 is 1.95 bits per heavy atom.